The molecule has 0 aromatic heterocycles. The third kappa shape index (κ3) is 1.78. The van der Waals surface area contributed by atoms with E-state index >= 15 is 0 Å². The van der Waals surface area contributed by atoms with E-state index in [0.29, 0.717) is 0 Å². The second-order valence-electron chi connectivity index (χ2n) is 4.09. The van der Waals surface area contributed by atoms with Crippen LogP contribution in [-0.2, 0) is 11.2 Å². The van der Waals surface area contributed by atoms with Crippen molar-refractivity contribution < 1.29 is 9.90 Å². The Morgan fingerprint density at radius 3 is 2.44 bits per heavy atom. The standard InChI is InChI=1S/C14H14O2/c1-9-7-11(8-14(15)16)13-6-4-3-5-12(13)10(9)2/h3-7H,8H2,1-2H3,(H,15,16). The highest BCUT2D eigenvalue weighted by molar-refractivity contribution is 5.91. The first kappa shape index (κ1) is 10.7. The lowest BCUT2D eigenvalue weighted by molar-refractivity contribution is -0.136. The highest BCUT2D eigenvalue weighted by Gasteiger charge is 2.08. The second-order valence-corrected chi connectivity index (χ2v) is 4.09. The van der Waals surface area contributed by atoms with Crippen LogP contribution in [0.2, 0.25) is 0 Å². The van der Waals surface area contributed by atoms with Gasteiger partial charge in [0, 0.05) is 0 Å². The van der Waals surface area contributed by atoms with E-state index < -0.39 is 5.97 Å². The lowest BCUT2D eigenvalue weighted by atomic mass is 9.95. The minimum atomic E-state index is -0.784. The summed E-state index contributed by atoms with van der Waals surface area (Å²) in [5.74, 6) is -0.784. The molecule has 0 aliphatic rings. The molecule has 0 bridgehead atoms. The SMILES string of the molecule is Cc1cc(CC(=O)O)c2ccccc2c1C. The van der Waals surface area contributed by atoms with Gasteiger partial charge in [-0.25, -0.2) is 0 Å². The van der Waals surface area contributed by atoms with Gasteiger partial charge in [0.05, 0.1) is 6.42 Å². The summed E-state index contributed by atoms with van der Waals surface area (Å²) in [6.07, 6.45) is 0.0850. The van der Waals surface area contributed by atoms with Crippen molar-refractivity contribution in [3.05, 3.63) is 47.0 Å². The number of hydrogen-bond donors (Lipinski definition) is 1. The molecule has 0 saturated carbocycles. The summed E-state index contributed by atoms with van der Waals surface area (Å²) in [5.41, 5.74) is 3.27. The van der Waals surface area contributed by atoms with Crippen LogP contribution in [0.1, 0.15) is 16.7 Å². The van der Waals surface area contributed by atoms with Crippen LogP contribution in [0.4, 0.5) is 0 Å². The Kier molecular flexibility index (Phi) is 2.65. The quantitative estimate of drug-likeness (QED) is 0.834. The molecule has 0 amide bonds. The number of carbonyl (C=O) groups is 1. The van der Waals surface area contributed by atoms with E-state index in [1.807, 2.05) is 37.3 Å². The fraction of sp³-hybridized carbons (Fsp3) is 0.214. The summed E-state index contributed by atoms with van der Waals surface area (Å²) in [5, 5.41) is 11.1. The van der Waals surface area contributed by atoms with Gasteiger partial charge in [-0.15, -0.1) is 0 Å². The summed E-state index contributed by atoms with van der Waals surface area (Å²) in [7, 11) is 0. The summed E-state index contributed by atoms with van der Waals surface area (Å²) >= 11 is 0. The predicted molar refractivity (Wildman–Crippen MR) is 64.8 cm³/mol. The highest BCUT2D eigenvalue weighted by atomic mass is 16.4. The zero-order chi connectivity index (χ0) is 11.7. The van der Waals surface area contributed by atoms with Gasteiger partial charge in [-0.05, 0) is 41.3 Å². The molecule has 2 heteroatoms. The van der Waals surface area contributed by atoms with E-state index in [4.69, 9.17) is 5.11 Å². The number of carboxylic acid groups (broad SMARTS) is 1. The largest absolute Gasteiger partial charge is 0.481 e. The van der Waals surface area contributed by atoms with Crippen molar-refractivity contribution in [3.63, 3.8) is 0 Å². The molecular weight excluding hydrogens is 200 g/mol. The Morgan fingerprint density at radius 1 is 1.19 bits per heavy atom. The Hall–Kier alpha value is -1.83. The van der Waals surface area contributed by atoms with Gasteiger partial charge in [0.15, 0.2) is 0 Å². The molecule has 0 spiro atoms. The van der Waals surface area contributed by atoms with Crippen LogP contribution < -0.4 is 0 Å². The first-order chi connectivity index (χ1) is 7.59. The number of benzene rings is 2. The molecule has 0 atom stereocenters. The fourth-order valence-corrected chi connectivity index (χ4v) is 2.06. The van der Waals surface area contributed by atoms with Gasteiger partial charge in [-0.3, -0.25) is 4.79 Å². The lowest BCUT2D eigenvalue weighted by Crippen LogP contribution is -2.02. The summed E-state index contributed by atoms with van der Waals surface area (Å²) < 4.78 is 0. The van der Waals surface area contributed by atoms with Gasteiger partial charge in [-0.1, -0.05) is 30.3 Å². The number of aliphatic carboxylic acids is 1. The molecule has 2 aromatic carbocycles. The normalized spacial score (nSPS) is 10.6. The second kappa shape index (κ2) is 3.97. The Labute approximate surface area is 94.5 Å². The molecule has 2 aromatic rings. The summed E-state index contributed by atoms with van der Waals surface area (Å²) in [6.45, 7) is 4.09. The van der Waals surface area contributed by atoms with Gasteiger partial charge in [0.2, 0.25) is 0 Å². The zero-order valence-electron chi connectivity index (χ0n) is 9.45. The number of rotatable bonds is 2. The number of hydrogen-bond acceptors (Lipinski definition) is 1. The lowest BCUT2D eigenvalue weighted by Gasteiger charge is -2.10. The molecule has 2 rings (SSSR count). The van der Waals surface area contributed by atoms with Crippen LogP contribution in [0, 0.1) is 13.8 Å². The molecule has 0 aliphatic carbocycles. The first-order valence-corrected chi connectivity index (χ1v) is 5.29. The summed E-state index contributed by atoms with van der Waals surface area (Å²) in [4.78, 5) is 10.8. The van der Waals surface area contributed by atoms with Crippen molar-refractivity contribution in [2.75, 3.05) is 0 Å². The minimum absolute atomic E-state index is 0.0850. The van der Waals surface area contributed by atoms with Crippen LogP contribution in [0.25, 0.3) is 10.8 Å². The average Bonchev–Trinajstić information content (AvgIpc) is 2.25. The Morgan fingerprint density at radius 2 is 1.81 bits per heavy atom. The van der Waals surface area contributed by atoms with Gasteiger partial charge in [0.25, 0.3) is 0 Å². The molecule has 82 valence electrons. The van der Waals surface area contributed by atoms with Crippen molar-refractivity contribution in [1.82, 2.24) is 0 Å². The van der Waals surface area contributed by atoms with E-state index in [1.165, 1.54) is 5.56 Å². The van der Waals surface area contributed by atoms with E-state index in [2.05, 4.69) is 6.92 Å². The van der Waals surface area contributed by atoms with Crippen LogP contribution in [0.15, 0.2) is 30.3 Å². The smallest absolute Gasteiger partial charge is 0.307 e. The molecule has 0 aliphatic heterocycles. The maximum absolute atomic E-state index is 10.8. The van der Waals surface area contributed by atoms with E-state index in [1.54, 1.807) is 0 Å². The zero-order valence-corrected chi connectivity index (χ0v) is 9.45. The summed E-state index contributed by atoms with van der Waals surface area (Å²) in [6, 6.07) is 9.94. The Balaban J connectivity index is 2.74. The van der Waals surface area contributed by atoms with Crippen molar-refractivity contribution in [2.45, 2.75) is 20.3 Å². The first-order valence-electron chi connectivity index (χ1n) is 5.29. The molecule has 0 unspecified atom stereocenters. The monoisotopic (exact) mass is 214 g/mol. The third-order valence-electron chi connectivity index (χ3n) is 3.00. The van der Waals surface area contributed by atoms with Crippen LogP contribution in [0.3, 0.4) is 0 Å². The number of carboxylic acids is 1. The predicted octanol–water partition coefficient (Wildman–Crippen LogP) is 3.08. The van der Waals surface area contributed by atoms with Crippen LogP contribution >= 0.6 is 0 Å². The molecule has 2 nitrogen and oxygen atoms in total. The van der Waals surface area contributed by atoms with Crippen molar-refractivity contribution in [2.24, 2.45) is 0 Å². The number of aryl methyl sites for hydroxylation is 2. The molecule has 0 fully saturated rings. The fourth-order valence-electron chi connectivity index (χ4n) is 2.06. The van der Waals surface area contributed by atoms with Gasteiger partial charge >= 0.3 is 5.97 Å². The third-order valence-corrected chi connectivity index (χ3v) is 3.00. The maximum Gasteiger partial charge on any atom is 0.307 e. The topological polar surface area (TPSA) is 37.3 Å². The van der Waals surface area contributed by atoms with E-state index in [0.717, 1.165) is 21.9 Å². The van der Waals surface area contributed by atoms with Crippen LogP contribution in [0.5, 0.6) is 0 Å². The Bertz CT molecular complexity index is 556. The maximum atomic E-state index is 10.8. The minimum Gasteiger partial charge on any atom is -0.481 e. The molecule has 0 radical (unpaired) electrons. The number of fused-ring (bicyclic) bond motifs is 1. The van der Waals surface area contributed by atoms with Gasteiger partial charge in [0.1, 0.15) is 0 Å². The van der Waals surface area contributed by atoms with E-state index in [9.17, 15) is 4.79 Å². The van der Waals surface area contributed by atoms with E-state index in [-0.39, 0.29) is 6.42 Å². The molecule has 16 heavy (non-hydrogen) atoms. The van der Waals surface area contributed by atoms with Crippen molar-refractivity contribution >= 4 is 16.7 Å². The van der Waals surface area contributed by atoms with Crippen LogP contribution in [-0.4, -0.2) is 11.1 Å². The molecular formula is C14H14O2. The van der Waals surface area contributed by atoms with Crippen molar-refractivity contribution in [3.8, 4) is 0 Å². The average molecular weight is 214 g/mol. The van der Waals surface area contributed by atoms with Gasteiger partial charge < -0.3 is 5.11 Å². The highest BCUT2D eigenvalue weighted by Crippen LogP contribution is 2.25. The molecule has 0 heterocycles. The molecule has 1 N–H and O–H groups in total. The molecule has 0 saturated heterocycles. The van der Waals surface area contributed by atoms with Crippen molar-refractivity contribution in [1.29, 1.82) is 0 Å². The van der Waals surface area contributed by atoms with Gasteiger partial charge in [-0.2, -0.15) is 0 Å².